The van der Waals surface area contributed by atoms with Gasteiger partial charge in [-0.05, 0) is 46.2 Å². The Hall–Kier alpha value is -0.570. The molecule has 0 aromatic carbocycles. The van der Waals surface area contributed by atoms with Crippen molar-refractivity contribution in [1.82, 2.24) is 4.90 Å². The number of hydrogen-bond acceptors (Lipinski definition) is 3. The third-order valence-corrected chi connectivity index (χ3v) is 3.04. The van der Waals surface area contributed by atoms with Gasteiger partial charge in [0, 0.05) is 0 Å². The molecule has 1 atom stereocenters. The molecule has 0 heterocycles. The Balaban J connectivity index is 2.40. The predicted molar refractivity (Wildman–Crippen MR) is 60.7 cm³/mol. The van der Waals surface area contributed by atoms with Crippen LogP contribution in [0.1, 0.15) is 45.4 Å². The Labute approximate surface area is 92.8 Å². The summed E-state index contributed by atoms with van der Waals surface area (Å²) >= 11 is 0. The van der Waals surface area contributed by atoms with Crippen molar-refractivity contribution in [3.63, 3.8) is 0 Å². The molecule has 0 amide bonds. The Bertz CT molecular complexity index is 198. The molecule has 0 spiro atoms. The van der Waals surface area contributed by atoms with E-state index in [9.17, 15) is 4.79 Å². The minimum absolute atomic E-state index is 0.0336. The molecular weight excluding hydrogens is 190 g/mol. The molecule has 0 bridgehead atoms. The van der Waals surface area contributed by atoms with Crippen molar-refractivity contribution in [2.75, 3.05) is 14.1 Å². The first-order chi connectivity index (χ1) is 7.15. The maximum Gasteiger partial charge on any atom is 0.323 e. The molecule has 3 nitrogen and oxygen atoms in total. The van der Waals surface area contributed by atoms with Gasteiger partial charge in [0.2, 0.25) is 0 Å². The predicted octanol–water partition coefficient (Wildman–Crippen LogP) is 2.20. The largest absolute Gasteiger partial charge is 0.461 e. The van der Waals surface area contributed by atoms with Crippen molar-refractivity contribution < 1.29 is 9.53 Å². The number of likely N-dealkylation sites (N-methyl/N-ethyl adjacent to an activating group) is 1. The summed E-state index contributed by atoms with van der Waals surface area (Å²) in [6.45, 7) is 2.10. The first-order valence-corrected chi connectivity index (χ1v) is 6.02. The van der Waals surface area contributed by atoms with Crippen molar-refractivity contribution in [1.29, 1.82) is 0 Å². The van der Waals surface area contributed by atoms with Crippen LogP contribution in [0.3, 0.4) is 0 Å². The lowest BCUT2D eigenvalue weighted by Crippen LogP contribution is -2.38. The molecule has 1 rings (SSSR count). The van der Waals surface area contributed by atoms with Gasteiger partial charge in [-0.15, -0.1) is 0 Å². The van der Waals surface area contributed by atoms with Crippen molar-refractivity contribution >= 4 is 5.97 Å². The smallest absolute Gasteiger partial charge is 0.323 e. The molecule has 0 radical (unpaired) electrons. The van der Waals surface area contributed by atoms with E-state index < -0.39 is 0 Å². The normalized spacial score (nSPS) is 19.5. The molecule has 0 aromatic heterocycles. The highest BCUT2D eigenvalue weighted by Crippen LogP contribution is 2.22. The van der Waals surface area contributed by atoms with Crippen molar-refractivity contribution in [2.45, 2.75) is 57.6 Å². The monoisotopic (exact) mass is 213 g/mol. The van der Waals surface area contributed by atoms with Gasteiger partial charge >= 0.3 is 5.97 Å². The summed E-state index contributed by atoms with van der Waals surface area (Å²) in [5.74, 6) is -0.0336. The van der Waals surface area contributed by atoms with E-state index in [1.165, 1.54) is 12.8 Å². The van der Waals surface area contributed by atoms with Gasteiger partial charge in [0.15, 0.2) is 0 Å². The molecule has 1 unspecified atom stereocenters. The highest BCUT2D eigenvalue weighted by atomic mass is 16.5. The topological polar surface area (TPSA) is 29.5 Å². The van der Waals surface area contributed by atoms with Crippen LogP contribution >= 0.6 is 0 Å². The van der Waals surface area contributed by atoms with Crippen molar-refractivity contribution in [2.24, 2.45) is 0 Å². The first-order valence-electron chi connectivity index (χ1n) is 6.02. The minimum atomic E-state index is -0.0596. The SMILES string of the molecule is CCCC(C(=O)OC1CCCC1)N(C)C. The molecular formula is C12H23NO2. The summed E-state index contributed by atoms with van der Waals surface area (Å²) in [4.78, 5) is 13.8. The summed E-state index contributed by atoms with van der Waals surface area (Å²) in [5, 5.41) is 0. The second kappa shape index (κ2) is 6.11. The number of esters is 1. The third kappa shape index (κ3) is 3.82. The van der Waals surface area contributed by atoms with E-state index in [1.54, 1.807) is 0 Å². The second-order valence-electron chi connectivity index (χ2n) is 4.61. The molecule has 1 saturated carbocycles. The first kappa shape index (κ1) is 12.5. The lowest BCUT2D eigenvalue weighted by Gasteiger charge is -2.23. The summed E-state index contributed by atoms with van der Waals surface area (Å²) in [6.07, 6.45) is 6.62. The molecule has 3 heteroatoms. The average molecular weight is 213 g/mol. The summed E-state index contributed by atoms with van der Waals surface area (Å²) in [6, 6.07) is -0.0596. The molecule has 1 fully saturated rings. The molecule has 1 aliphatic rings. The van der Waals surface area contributed by atoms with E-state index in [-0.39, 0.29) is 18.1 Å². The molecule has 0 saturated heterocycles. The van der Waals surface area contributed by atoms with Crippen LogP contribution in [0.5, 0.6) is 0 Å². The molecule has 15 heavy (non-hydrogen) atoms. The van der Waals surface area contributed by atoms with Gasteiger partial charge in [-0.1, -0.05) is 13.3 Å². The fourth-order valence-electron chi connectivity index (χ4n) is 2.11. The number of nitrogens with zero attached hydrogens (tertiary/aromatic N) is 1. The van der Waals surface area contributed by atoms with Crippen LogP contribution in [0.4, 0.5) is 0 Å². The molecule has 0 N–H and O–H groups in total. The zero-order valence-electron chi connectivity index (χ0n) is 10.2. The summed E-state index contributed by atoms with van der Waals surface area (Å²) in [5.41, 5.74) is 0. The van der Waals surface area contributed by atoms with Gasteiger partial charge in [0.25, 0.3) is 0 Å². The van der Waals surface area contributed by atoms with Crippen LogP contribution in [0.25, 0.3) is 0 Å². The average Bonchev–Trinajstić information content (AvgIpc) is 2.65. The zero-order chi connectivity index (χ0) is 11.3. The molecule has 0 aliphatic heterocycles. The quantitative estimate of drug-likeness (QED) is 0.656. The highest BCUT2D eigenvalue weighted by Gasteiger charge is 2.26. The number of carbonyl (C=O) groups excluding carboxylic acids is 1. The standard InChI is InChI=1S/C12H23NO2/c1-4-7-11(13(2)3)12(14)15-10-8-5-6-9-10/h10-11H,4-9H2,1-3H3. The number of hydrogen-bond donors (Lipinski definition) is 0. The maximum atomic E-state index is 11.9. The van der Waals surface area contributed by atoms with E-state index in [0.717, 1.165) is 25.7 Å². The van der Waals surface area contributed by atoms with E-state index in [4.69, 9.17) is 4.74 Å². The van der Waals surface area contributed by atoms with Gasteiger partial charge < -0.3 is 4.74 Å². The highest BCUT2D eigenvalue weighted by molar-refractivity contribution is 5.75. The van der Waals surface area contributed by atoms with Gasteiger partial charge in [0.1, 0.15) is 12.1 Å². The maximum absolute atomic E-state index is 11.9. The third-order valence-electron chi connectivity index (χ3n) is 3.04. The number of ether oxygens (including phenoxy) is 1. The van der Waals surface area contributed by atoms with Crippen LogP contribution in [-0.2, 0) is 9.53 Å². The van der Waals surface area contributed by atoms with Crippen LogP contribution < -0.4 is 0 Å². The Morgan fingerprint density at radius 2 is 2.00 bits per heavy atom. The fourth-order valence-corrected chi connectivity index (χ4v) is 2.11. The van der Waals surface area contributed by atoms with Crippen LogP contribution in [-0.4, -0.2) is 37.1 Å². The van der Waals surface area contributed by atoms with Crippen LogP contribution in [0.15, 0.2) is 0 Å². The van der Waals surface area contributed by atoms with E-state index in [1.807, 2.05) is 19.0 Å². The minimum Gasteiger partial charge on any atom is -0.461 e. The Morgan fingerprint density at radius 3 is 2.47 bits per heavy atom. The number of carbonyl (C=O) groups is 1. The van der Waals surface area contributed by atoms with Crippen molar-refractivity contribution in [3.05, 3.63) is 0 Å². The van der Waals surface area contributed by atoms with E-state index in [2.05, 4.69) is 6.92 Å². The van der Waals surface area contributed by atoms with Gasteiger partial charge in [-0.3, -0.25) is 9.69 Å². The lowest BCUT2D eigenvalue weighted by molar-refractivity contribution is -0.154. The van der Waals surface area contributed by atoms with Gasteiger partial charge in [-0.2, -0.15) is 0 Å². The summed E-state index contributed by atoms with van der Waals surface area (Å²) < 4.78 is 5.51. The Kier molecular flexibility index (Phi) is 5.09. The molecule has 88 valence electrons. The Morgan fingerprint density at radius 1 is 1.40 bits per heavy atom. The molecule has 0 aromatic rings. The summed E-state index contributed by atoms with van der Waals surface area (Å²) in [7, 11) is 3.88. The van der Waals surface area contributed by atoms with E-state index in [0.29, 0.717) is 0 Å². The second-order valence-corrected chi connectivity index (χ2v) is 4.61. The van der Waals surface area contributed by atoms with Crippen LogP contribution in [0, 0.1) is 0 Å². The van der Waals surface area contributed by atoms with Crippen molar-refractivity contribution in [3.8, 4) is 0 Å². The van der Waals surface area contributed by atoms with Gasteiger partial charge in [0.05, 0.1) is 0 Å². The van der Waals surface area contributed by atoms with E-state index >= 15 is 0 Å². The molecule has 1 aliphatic carbocycles. The lowest BCUT2D eigenvalue weighted by atomic mass is 10.1. The fraction of sp³-hybridized carbons (Fsp3) is 0.917. The van der Waals surface area contributed by atoms with Crippen LogP contribution in [0.2, 0.25) is 0 Å². The van der Waals surface area contributed by atoms with Gasteiger partial charge in [-0.25, -0.2) is 0 Å². The number of rotatable bonds is 5. The zero-order valence-corrected chi connectivity index (χ0v) is 10.2.